The number of para-hydroxylation sites is 5. The number of rotatable bonds is 3. The molecule has 0 atom stereocenters. The van der Waals surface area contributed by atoms with Crippen molar-refractivity contribution in [1.29, 1.82) is 0 Å². The molecule has 9 rings (SSSR count). The molecule has 0 fully saturated rings. The van der Waals surface area contributed by atoms with E-state index in [2.05, 4.69) is 155 Å². The second kappa shape index (κ2) is 8.69. The van der Waals surface area contributed by atoms with Crippen LogP contribution in [0.2, 0.25) is 0 Å². The zero-order valence-corrected chi connectivity index (χ0v) is 23.0. The zero-order valence-electron chi connectivity index (χ0n) is 22.2. The molecule has 41 heavy (non-hydrogen) atoms. The van der Waals surface area contributed by atoms with E-state index < -0.39 is 0 Å². The van der Waals surface area contributed by atoms with Crippen molar-refractivity contribution in [3.05, 3.63) is 146 Å². The number of benzene rings is 6. The fourth-order valence-electron chi connectivity index (χ4n) is 6.65. The van der Waals surface area contributed by atoms with Crippen LogP contribution in [-0.2, 0) is 0 Å². The Kier molecular flexibility index (Phi) is 4.80. The average Bonchev–Trinajstić information content (AvgIpc) is 3.68. The number of aromatic nitrogens is 2. The minimum Gasteiger partial charge on any atom is -0.309 e. The van der Waals surface area contributed by atoms with Gasteiger partial charge in [-0.05, 0) is 36.4 Å². The number of fused-ring (bicyclic) bond motifs is 8. The third-order valence-electron chi connectivity index (χ3n) is 8.35. The number of hydrogen-bond acceptors (Lipinski definition) is 1. The summed E-state index contributed by atoms with van der Waals surface area (Å²) in [7, 11) is 0. The molecule has 0 unspecified atom stereocenters. The maximum Gasteiger partial charge on any atom is 0.109 e. The molecule has 3 heterocycles. The van der Waals surface area contributed by atoms with Gasteiger partial charge in [0, 0.05) is 42.8 Å². The molecule has 9 aromatic rings. The standard InChI is InChI=1S/C38H24N2S/c1-7-19-31-25(13-1)26-14-2-8-20-32(26)39(31)33-21-9-3-15-27(33)28-16-4-10-22-34(28)40-35-23-11-5-17-29(35)37-30-18-6-12-24-36(30)41-38(37)40/h1-24H. The molecular formula is C38H24N2S. The minimum absolute atomic E-state index is 1.18. The Morgan fingerprint density at radius 3 is 1.44 bits per heavy atom. The summed E-state index contributed by atoms with van der Waals surface area (Å²) in [6, 6.07) is 52.8. The third-order valence-corrected chi connectivity index (χ3v) is 9.51. The van der Waals surface area contributed by atoms with E-state index in [1.54, 1.807) is 0 Å². The molecule has 0 amide bonds. The molecule has 0 radical (unpaired) electrons. The van der Waals surface area contributed by atoms with E-state index in [1.165, 1.54) is 75.5 Å². The van der Waals surface area contributed by atoms with Gasteiger partial charge in [-0.15, -0.1) is 11.3 Å². The van der Waals surface area contributed by atoms with Gasteiger partial charge < -0.3 is 9.13 Å². The van der Waals surface area contributed by atoms with Crippen molar-refractivity contribution in [3.63, 3.8) is 0 Å². The first-order valence-corrected chi connectivity index (χ1v) is 14.8. The van der Waals surface area contributed by atoms with Crippen molar-refractivity contribution in [2.75, 3.05) is 0 Å². The van der Waals surface area contributed by atoms with Gasteiger partial charge in [-0.1, -0.05) is 109 Å². The van der Waals surface area contributed by atoms with Crippen LogP contribution >= 0.6 is 11.3 Å². The Bertz CT molecular complexity index is 2380. The average molecular weight is 541 g/mol. The highest BCUT2D eigenvalue weighted by molar-refractivity contribution is 7.25. The van der Waals surface area contributed by atoms with Crippen molar-refractivity contribution in [2.24, 2.45) is 0 Å². The molecule has 0 saturated heterocycles. The Morgan fingerprint density at radius 2 is 0.805 bits per heavy atom. The number of hydrogen-bond donors (Lipinski definition) is 0. The smallest absolute Gasteiger partial charge is 0.109 e. The summed E-state index contributed by atoms with van der Waals surface area (Å²) in [5.41, 5.74) is 8.47. The maximum atomic E-state index is 2.48. The predicted octanol–water partition coefficient (Wildman–Crippen LogP) is 10.8. The molecule has 2 nitrogen and oxygen atoms in total. The van der Waals surface area contributed by atoms with E-state index in [0.717, 1.165) is 0 Å². The van der Waals surface area contributed by atoms with Crippen molar-refractivity contribution < 1.29 is 0 Å². The summed E-state index contributed by atoms with van der Waals surface area (Å²) < 4.78 is 6.23. The van der Waals surface area contributed by atoms with E-state index in [-0.39, 0.29) is 0 Å². The van der Waals surface area contributed by atoms with E-state index in [1.807, 2.05) is 11.3 Å². The molecule has 0 N–H and O–H groups in total. The van der Waals surface area contributed by atoms with Gasteiger partial charge >= 0.3 is 0 Å². The highest BCUT2D eigenvalue weighted by atomic mass is 32.1. The normalized spacial score (nSPS) is 11.9. The second-order valence-electron chi connectivity index (χ2n) is 10.5. The van der Waals surface area contributed by atoms with Crippen molar-refractivity contribution in [3.8, 4) is 22.5 Å². The van der Waals surface area contributed by atoms with Crippen LogP contribution in [0.3, 0.4) is 0 Å². The van der Waals surface area contributed by atoms with E-state index >= 15 is 0 Å². The summed E-state index contributed by atoms with van der Waals surface area (Å²) in [5.74, 6) is 0. The fraction of sp³-hybridized carbons (Fsp3) is 0. The highest BCUT2D eigenvalue weighted by Crippen LogP contribution is 2.44. The molecule has 0 saturated carbocycles. The molecule has 0 bridgehead atoms. The monoisotopic (exact) mass is 540 g/mol. The van der Waals surface area contributed by atoms with Crippen LogP contribution in [0.1, 0.15) is 0 Å². The van der Waals surface area contributed by atoms with Crippen molar-refractivity contribution in [1.82, 2.24) is 9.13 Å². The van der Waals surface area contributed by atoms with Gasteiger partial charge in [0.05, 0.1) is 27.9 Å². The summed E-state index contributed by atoms with van der Waals surface area (Å²) in [6.45, 7) is 0. The van der Waals surface area contributed by atoms with Crippen molar-refractivity contribution >= 4 is 64.3 Å². The van der Waals surface area contributed by atoms with Crippen LogP contribution in [-0.4, -0.2) is 9.13 Å². The lowest BCUT2D eigenvalue weighted by atomic mass is 10.0. The zero-order chi connectivity index (χ0) is 26.9. The summed E-state index contributed by atoms with van der Waals surface area (Å²) >= 11 is 1.88. The number of nitrogens with zero attached hydrogens (tertiary/aromatic N) is 2. The van der Waals surface area contributed by atoms with Crippen molar-refractivity contribution in [2.45, 2.75) is 0 Å². The lowest BCUT2D eigenvalue weighted by Crippen LogP contribution is -2.00. The van der Waals surface area contributed by atoms with Gasteiger partial charge in [-0.2, -0.15) is 0 Å². The molecule has 0 aliphatic carbocycles. The van der Waals surface area contributed by atoms with E-state index in [4.69, 9.17) is 0 Å². The molecule has 0 aliphatic rings. The molecule has 0 aliphatic heterocycles. The third kappa shape index (κ3) is 3.18. The first-order valence-electron chi connectivity index (χ1n) is 14.0. The van der Waals surface area contributed by atoms with Crippen LogP contribution in [0, 0.1) is 0 Å². The van der Waals surface area contributed by atoms with Crippen LogP contribution in [0.15, 0.2) is 146 Å². The molecule has 6 aromatic carbocycles. The van der Waals surface area contributed by atoms with Gasteiger partial charge in [0.2, 0.25) is 0 Å². The topological polar surface area (TPSA) is 9.86 Å². The minimum atomic E-state index is 1.18. The Labute approximate surface area is 240 Å². The predicted molar refractivity (Wildman–Crippen MR) is 176 cm³/mol. The lowest BCUT2D eigenvalue weighted by Gasteiger charge is -2.18. The molecule has 0 spiro atoms. The Morgan fingerprint density at radius 1 is 0.366 bits per heavy atom. The van der Waals surface area contributed by atoms with Gasteiger partial charge in [0.15, 0.2) is 0 Å². The van der Waals surface area contributed by atoms with Gasteiger partial charge in [0.25, 0.3) is 0 Å². The lowest BCUT2D eigenvalue weighted by molar-refractivity contribution is 1.17. The molecule has 192 valence electrons. The molecule has 3 aromatic heterocycles. The fourth-order valence-corrected chi connectivity index (χ4v) is 7.90. The summed E-state index contributed by atoms with van der Waals surface area (Å²) in [6.07, 6.45) is 0. The second-order valence-corrected chi connectivity index (χ2v) is 11.6. The number of thiophene rings is 1. The first-order chi connectivity index (χ1) is 20.4. The quantitative estimate of drug-likeness (QED) is 0.211. The van der Waals surface area contributed by atoms with E-state index in [9.17, 15) is 0 Å². The molecule has 3 heteroatoms. The first kappa shape index (κ1) is 22.7. The highest BCUT2D eigenvalue weighted by Gasteiger charge is 2.21. The van der Waals surface area contributed by atoms with Gasteiger partial charge in [-0.3, -0.25) is 0 Å². The summed E-state index contributed by atoms with van der Waals surface area (Å²) in [4.78, 5) is 1.29. The molecular weight excluding hydrogens is 516 g/mol. The van der Waals surface area contributed by atoms with Crippen LogP contribution < -0.4 is 0 Å². The largest absolute Gasteiger partial charge is 0.309 e. The van der Waals surface area contributed by atoms with Gasteiger partial charge in [0.1, 0.15) is 4.83 Å². The van der Waals surface area contributed by atoms with E-state index in [0.29, 0.717) is 0 Å². The van der Waals surface area contributed by atoms with Gasteiger partial charge in [-0.25, -0.2) is 0 Å². The van der Waals surface area contributed by atoms with Crippen LogP contribution in [0.4, 0.5) is 0 Å². The maximum absolute atomic E-state index is 2.48. The Hall–Kier alpha value is -5.12. The van der Waals surface area contributed by atoms with Crippen LogP contribution in [0.25, 0.3) is 75.5 Å². The SMILES string of the molecule is c1ccc(-n2c3ccccc3c3ccccc32)c(-c2ccccc2-n2c3ccccc3c3c4ccccc4sc32)c1. The Balaban J connectivity index is 1.38. The van der Waals surface area contributed by atoms with Crippen LogP contribution in [0.5, 0.6) is 0 Å². The summed E-state index contributed by atoms with van der Waals surface area (Å²) in [5, 5.41) is 6.51.